The molecule has 1 aromatic rings. The third kappa shape index (κ3) is 3.34. The van der Waals surface area contributed by atoms with Crippen molar-refractivity contribution >= 4 is 17.6 Å². The number of rotatable bonds is 5. The molecule has 0 radical (unpaired) electrons. The topological polar surface area (TPSA) is 67.8 Å². The molecule has 0 spiro atoms. The highest BCUT2D eigenvalue weighted by Gasteiger charge is 2.13. The minimum absolute atomic E-state index is 0.0939. The van der Waals surface area contributed by atoms with Gasteiger partial charge in [0.15, 0.2) is 11.9 Å². The molecule has 0 fully saturated rings. The Morgan fingerprint density at radius 1 is 1.50 bits per heavy atom. The van der Waals surface area contributed by atoms with E-state index in [-0.39, 0.29) is 11.9 Å². The van der Waals surface area contributed by atoms with Crippen LogP contribution in [0.3, 0.4) is 0 Å². The van der Waals surface area contributed by atoms with E-state index in [9.17, 15) is 0 Å². The minimum atomic E-state index is -0.384. The van der Waals surface area contributed by atoms with Crippen molar-refractivity contribution in [3.05, 3.63) is 24.3 Å². The average molecular weight is 240 g/mol. The second-order valence-corrected chi connectivity index (χ2v) is 4.09. The largest absolute Gasteiger partial charge is 0.482 e. The van der Waals surface area contributed by atoms with Crippen LogP contribution in [0.1, 0.15) is 13.3 Å². The van der Waals surface area contributed by atoms with Crippen LogP contribution in [-0.2, 0) is 0 Å². The van der Waals surface area contributed by atoms with E-state index in [1.54, 1.807) is 11.8 Å². The maximum Gasteiger partial charge on any atom is 0.180 e. The zero-order chi connectivity index (χ0) is 12.0. The molecular weight excluding hydrogens is 224 g/mol. The average Bonchev–Trinajstić information content (AvgIpc) is 2.35. The van der Waals surface area contributed by atoms with Crippen LogP contribution in [0.2, 0.25) is 0 Å². The molecule has 5 heteroatoms. The van der Waals surface area contributed by atoms with Gasteiger partial charge in [0, 0.05) is 4.90 Å². The molecule has 16 heavy (non-hydrogen) atoms. The summed E-state index contributed by atoms with van der Waals surface area (Å²) in [5.74, 6) is 0.813. The zero-order valence-electron chi connectivity index (χ0n) is 9.38. The summed E-state index contributed by atoms with van der Waals surface area (Å²) in [6, 6.07) is 7.69. The van der Waals surface area contributed by atoms with Crippen molar-refractivity contribution in [1.29, 1.82) is 0 Å². The van der Waals surface area contributed by atoms with Crippen LogP contribution in [-0.4, -0.2) is 23.4 Å². The first-order chi connectivity index (χ1) is 7.71. The molecule has 0 saturated carbocycles. The highest BCUT2D eigenvalue weighted by Crippen LogP contribution is 2.20. The smallest absolute Gasteiger partial charge is 0.180 e. The molecule has 0 saturated heterocycles. The molecular formula is C11H16N2O2S. The Bertz CT molecular complexity index is 352. The van der Waals surface area contributed by atoms with Crippen LogP contribution in [0, 0.1) is 0 Å². The fourth-order valence-electron chi connectivity index (χ4n) is 1.24. The summed E-state index contributed by atoms with van der Waals surface area (Å²) in [4.78, 5) is 1.17. The summed E-state index contributed by atoms with van der Waals surface area (Å²) >= 11 is 1.67. The van der Waals surface area contributed by atoms with Gasteiger partial charge in [-0.2, -0.15) is 0 Å². The Balaban J connectivity index is 2.70. The lowest BCUT2D eigenvalue weighted by Crippen LogP contribution is -2.33. The van der Waals surface area contributed by atoms with Crippen LogP contribution in [0.25, 0.3) is 0 Å². The number of amidine groups is 1. The van der Waals surface area contributed by atoms with Crippen LogP contribution in [0.5, 0.6) is 5.75 Å². The van der Waals surface area contributed by atoms with E-state index in [0.717, 1.165) is 5.75 Å². The standard InChI is InChI=1S/C11H16N2O2S/c1-3-10(11(12)13-14)15-8-4-6-9(16-2)7-5-8/h4-7,10,14H,3H2,1-2H3,(H2,12,13). The summed E-state index contributed by atoms with van der Waals surface area (Å²) in [6.07, 6.45) is 2.28. The molecule has 0 aliphatic carbocycles. The van der Waals surface area contributed by atoms with Gasteiger partial charge in [-0.25, -0.2) is 0 Å². The maximum atomic E-state index is 8.58. The predicted octanol–water partition coefficient (Wildman–Crippen LogP) is 2.31. The Hall–Kier alpha value is -1.36. The number of benzene rings is 1. The molecule has 0 aromatic heterocycles. The van der Waals surface area contributed by atoms with E-state index >= 15 is 0 Å². The van der Waals surface area contributed by atoms with Crippen molar-refractivity contribution in [1.82, 2.24) is 0 Å². The number of ether oxygens (including phenoxy) is 1. The van der Waals surface area contributed by atoms with Crippen molar-refractivity contribution in [2.45, 2.75) is 24.3 Å². The molecule has 0 aliphatic rings. The molecule has 0 aliphatic heterocycles. The van der Waals surface area contributed by atoms with Crippen LogP contribution in [0.4, 0.5) is 0 Å². The Labute approximate surface area is 99.5 Å². The van der Waals surface area contributed by atoms with Crippen molar-refractivity contribution in [2.24, 2.45) is 10.9 Å². The number of nitrogens with zero attached hydrogens (tertiary/aromatic N) is 1. The van der Waals surface area contributed by atoms with Gasteiger partial charge in [-0.05, 0) is 36.9 Å². The van der Waals surface area contributed by atoms with Crippen molar-refractivity contribution < 1.29 is 9.94 Å². The van der Waals surface area contributed by atoms with Gasteiger partial charge < -0.3 is 15.7 Å². The number of hydrogen-bond acceptors (Lipinski definition) is 4. The highest BCUT2D eigenvalue weighted by atomic mass is 32.2. The second kappa shape index (κ2) is 6.27. The third-order valence-corrected chi connectivity index (χ3v) is 2.90. The summed E-state index contributed by atoms with van der Waals surface area (Å²) < 4.78 is 5.59. The normalized spacial score (nSPS) is 13.5. The maximum absolute atomic E-state index is 8.58. The zero-order valence-corrected chi connectivity index (χ0v) is 10.2. The molecule has 1 atom stereocenters. The molecule has 1 aromatic carbocycles. The van der Waals surface area contributed by atoms with Gasteiger partial charge >= 0.3 is 0 Å². The Morgan fingerprint density at radius 2 is 2.12 bits per heavy atom. The van der Waals surface area contributed by atoms with Gasteiger partial charge in [0.25, 0.3) is 0 Å². The van der Waals surface area contributed by atoms with Gasteiger partial charge in [0.1, 0.15) is 5.75 Å². The molecule has 1 rings (SSSR count). The summed E-state index contributed by atoms with van der Waals surface area (Å²) in [7, 11) is 0. The van der Waals surface area contributed by atoms with Gasteiger partial charge in [0.05, 0.1) is 0 Å². The van der Waals surface area contributed by atoms with Crippen molar-refractivity contribution in [3.63, 3.8) is 0 Å². The van der Waals surface area contributed by atoms with E-state index in [4.69, 9.17) is 15.7 Å². The lowest BCUT2D eigenvalue weighted by molar-refractivity contribution is 0.246. The van der Waals surface area contributed by atoms with Crippen molar-refractivity contribution in [2.75, 3.05) is 6.26 Å². The molecule has 4 nitrogen and oxygen atoms in total. The monoisotopic (exact) mass is 240 g/mol. The predicted molar refractivity (Wildman–Crippen MR) is 66.3 cm³/mol. The van der Waals surface area contributed by atoms with Crippen LogP contribution >= 0.6 is 11.8 Å². The Kier molecular flexibility index (Phi) is 4.98. The summed E-state index contributed by atoms with van der Waals surface area (Å²) in [6.45, 7) is 1.92. The van der Waals surface area contributed by atoms with E-state index in [2.05, 4.69) is 5.16 Å². The number of oxime groups is 1. The van der Waals surface area contributed by atoms with Crippen molar-refractivity contribution in [3.8, 4) is 5.75 Å². The molecule has 88 valence electrons. The lowest BCUT2D eigenvalue weighted by atomic mass is 10.2. The third-order valence-electron chi connectivity index (χ3n) is 2.15. The second-order valence-electron chi connectivity index (χ2n) is 3.22. The van der Waals surface area contributed by atoms with Gasteiger partial charge in [0.2, 0.25) is 0 Å². The number of nitrogens with two attached hydrogens (primary N) is 1. The summed E-state index contributed by atoms with van der Waals surface area (Å²) in [5, 5.41) is 11.5. The van der Waals surface area contributed by atoms with Crippen LogP contribution < -0.4 is 10.5 Å². The lowest BCUT2D eigenvalue weighted by Gasteiger charge is -2.15. The van der Waals surface area contributed by atoms with E-state index in [1.165, 1.54) is 4.90 Å². The summed E-state index contributed by atoms with van der Waals surface area (Å²) in [5.41, 5.74) is 5.50. The first kappa shape index (κ1) is 12.7. The quantitative estimate of drug-likeness (QED) is 0.272. The van der Waals surface area contributed by atoms with E-state index < -0.39 is 0 Å². The highest BCUT2D eigenvalue weighted by molar-refractivity contribution is 7.98. The number of thioether (sulfide) groups is 1. The Morgan fingerprint density at radius 3 is 2.56 bits per heavy atom. The molecule has 0 amide bonds. The van der Waals surface area contributed by atoms with Gasteiger partial charge in [-0.1, -0.05) is 12.1 Å². The molecule has 0 heterocycles. The molecule has 0 bridgehead atoms. The minimum Gasteiger partial charge on any atom is -0.482 e. The fraction of sp³-hybridized carbons (Fsp3) is 0.364. The van der Waals surface area contributed by atoms with Gasteiger partial charge in [-0.15, -0.1) is 11.8 Å². The van der Waals surface area contributed by atoms with Crippen LogP contribution in [0.15, 0.2) is 34.3 Å². The van der Waals surface area contributed by atoms with Gasteiger partial charge in [-0.3, -0.25) is 0 Å². The SMILES string of the molecule is CCC(Oc1ccc(SC)cc1)C(N)=NO. The molecule has 1 unspecified atom stereocenters. The van der Waals surface area contributed by atoms with E-state index in [0.29, 0.717) is 6.42 Å². The van der Waals surface area contributed by atoms with E-state index in [1.807, 2.05) is 37.4 Å². The molecule has 3 N–H and O–H groups in total. The fourth-order valence-corrected chi connectivity index (χ4v) is 1.64. The first-order valence-corrected chi connectivity index (χ1v) is 6.21. The first-order valence-electron chi connectivity index (χ1n) is 4.99. The number of hydrogen-bond donors (Lipinski definition) is 2.